The standard InChI is InChI=1S/C13H8BrF2N3/c14-7-4-5-10(9(16)6-7)19-11-3-1-2-8(15)12(11)18-13(19)17/h1-6H,(H2,17,18). The van der Waals surface area contributed by atoms with Crippen molar-refractivity contribution in [1.29, 1.82) is 0 Å². The number of benzene rings is 2. The number of nitrogens with two attached hydrogens (primary N) is 1. The molecular formula is C13H8BrF2N3. The number of hydrogen-bond donors (Lipinski definition) is 1. The van der Waals surface area contributed by atoms with Gasteiger partial charge in [-0.15, -0.1) is 0 Å². The van der Waals surface area contributed by atoms with E-state index < -0.39 is 11.6 Å². The minimum absolute atomic E-state index is 0.0429. The number of hydrogen-bond acceptors (Lipinski definition) is 2. The summed E-state index contributed by atoms with van der Waals surface area (Å²) in [6, 6.07) is 9.02. The molecule has 1 aromatic heterocycles. The van der Waals surface area contributed by atoms with E-state index in [-0.39, 0.29) is 17.2 Å². The van der Waals surface area contributed by atoms with Crippen molar-refractivity contribution in [3.8, 4) is 5.69 Å². The number of imidazole rings is 1. The molecule has 6 heteroatoms. The zero-order chi connectivity index (χ0) is 13.6. The molecule has 0 radical (unpaired) electrons. The Morgan fingerprint density at radius 3 is 2.63 bits per heavy atom. The van der Waals surface area contributed by atoms with Crippen LogP contribution in [0.15, 0.2) is 40.9 Å². The zero-order valence-corrected chi connectivity index (χ0v) is 11.2. The summed E-state index contributed by atoms with van der Waals surface area (Å²) in [6.45, 7) is 0. The van der Waals surface area contributed by atoms with Crippen LogP contribution in [0.1, 0.15) is 0 Å². The summed E-state index contributed by atoms with van der Waals surface area (Å²) in [5.41, 5.74) is 6.55. The Balaban J connectivity index is 2.36. The minimum Gasteiger partial charge on any atom is -0.369 e. The van der Waals surface area contributed by atoms with Gasteiger partial charge in [-0.3, -0.25) is 4.57 Å². The average molecular weight is 324 g/mol. The predicted molar refractivity (Wildman–Crippen MR) is 73.1 cm³/mol. The number of para-hydroxylation sites is 1. The smallest absolute Gasteiger partial charge is 0.206 e. The van der Waals surface area contributed by atoms with Crippen molar-refractivity contribution in [3.63, 3.8) is 0 Å². The van der Waals surface area contributed by atoms with Crippen LogP contribution in [0.3, 0.4) is 0 Å². The topological polar surface area (TPSA) is 43.8 Å². The van der Waals surface area contributed by atoms with E-state index >= 15 is 0 Å². The molecular weight excluding hydrogens is 316 g/mol. The van der Waals surface area contributed by atoms with Crippen molar-refractivity contribution in [2.24, 2.45) is 0 Å². The highest BCUT2D eigenvalue weighted by Crippen LogP contribution is 2.27. The largest absolute Gasteiger partial charge is 0.369 e. The fourth-order valence-corrected chi connectivity index (χ4v) is 2.33. The van der Waals surface area contributed by atoms with Crippen LogP contribution in [0.25, 0.3) is 16.7 Å². The maximum atomic E-state index is 14.0. The molecule has 3 rings (SSSR count). The molecule has 0 fully saturated rings. The first-order chi connectivity index (χ1) is 9.08. The Kier molecular flexibility index (Phi) is 2.74. The van der Waals surface area contributed by atoms with Crippen LogP contribution >= 0.6 is 15.9 Å². The molecule has 0 bridgehead atoms. The first-order valence-corrected chi connectivity index (χ1v) is 6.25. The summed E-state index contributed by atoms with van der Waals surface area (Å²) in [7, 11) is 0. The van der Waals surface area contributed by atoms with Gasteiger partial charge < -0.3 is 5.73 Å². The van der Waals surface area contributed by atoms with Crippen molar-refractivity contribution in [1.82, 2.24) is 9.55 Å². The molecule has 0 spiro atoms. The van der Waals surface area contributed by atoms with E-state index in [1.54, 1.807) is 18.2 Å². The lowest BCUT2D eigenvalue weighted by Gasteiger charge is -2.08. The molecule has 1 heterocycles. The van der Waals surface area contributed by atoms with Gasteiger partial charge in [0.05, 0.1) is 11.2 Å². The van der Waals surface area contributed by atoms with Gasteiger partial charge in [-0.2, -0.15) is 0 Å². The van der Waals surface area contributed by atoms with Crippen LogP contribution in [-0.2, 0) is 0 Å². The third-order valence-corrected chi connectivity index (χ3v) is 3.31. The highest BCUT2D eigenvalue weighted by Gasteiger charge is 2.15. The van der Waals surface area contributed by atoms with Crippen LogP contribution in [0.4, 0.5) is 14.7 Å². The summed E-state index contributed by atoms with van der Waals surface area (Å²) in [5, 5.41) is 0. The number of aromatic nitrogens is 2. The van der Waals surface area contributed by atoms with Gasteiger partial charge in [-0.1, -0.05) is 22.0 Å². The highest BCUT2D eigenvalue weighted by atomic mass is 79.9. The van der Waals surface area contributed by atoms with Crippen molar-refractivity contribution < 1.29 is 8.78 Å². The minimum atomic E-state index is -0.486. The predicted octanol–water partition coefficient (Wildman–Crippen LogP) is 3.65. The van der Waals surface area contributed by atoms with E-state index in [1.807, 2.05) is 0 Å². The van der Waals surface area contributed by atoms with Crippen LogP contribution < -0.4 is 5.73 Å². The Morgan fingerprint density at radius 1 is 1.11 bits per heavy atom. The van der Waals surface area contributed by atoms with Gasteiger partial charge in [0.15, 0.2) is 5.82 Å². The summed E-state index contributed by atoms with van der Waals surface area (Å²) >= 11 is 3.18. The van der Waals surface area contributed by atoms with Crippen LogP contribution in [-0.4, -0.2) is 9.55 Å². The van der Waals surface area contributed by atoms with Gasteiger partial charge in [0.2, 0.25) is 5.95 Å². The first kappa shape index (κ1) is 12.1. The summed E-state index contributed by atoms with van der Waals surface area (Å²) in [6.07, 6.45) is 0. The van der Waals surface area contributed by atoms with Gasteiger partial charge in [0, 0.05) is 4.47 Å². The lowest BCUT2D eigenvalue weighted by Crippen LogP contribution is -2.02. The first-order valence-electron chi connectivity index (χ1n) is 5.46. The van der Waals surface area contributed by atoms with Crippen LogP contribution in [0, 0.1) is 11.6 Å². The Hall–Kier alpha value is -1.95. The molecule has 0 aliphatic heterocycles. The van der Waals surface area contributed by atoms with E-state index in [2.05, 4.69) is 20.9 Å². The second kappa shape index (κ2) is 4.31. The highest BCUT2D eigenvalue weighted by molar-refractivity contribution is 9.10. The fourth-order valence-electron chi connectivity index (χ4n) is 2.00. The van der Waals surface area contributed by atoms with E-state index in [1.165, 1.54) is 22.8 Å². The average Bonchev–Trinajstić information content (AvgIpc) is 2.68. The van der Waals surface area contributed by atoms with E-state index in [0.717, 1.165) is 0 Å². The molecule has 0 aliphatic carbocycles. The Bertz CT molecular complexity index is 783. The zero-order valence-electron chi connectivity index (χ0n) is 9.57. The molecule has 0 saturated carbocycles. The molecule has 19 heavy (non-hydrogen) atoms. The lowest BCUT2D eigenvalue weighted by molar-refractivity contribution is 0.619. The van der Waals surface area contributed by atoms with Gasteiger partial charge >= 0.3 is 0 Å². The molecule has 3 nitrogen and oxygen atoms in total. The van der Waals surface area contributed by atoms with Crippen molar-refractivity contribution in [3.05, 3.63) is 52.5 Å². The fraction of sp³-hybridized carbons (Fsp3) is 0. The molecule has 0 saturated heterocycles. The lowest BCUT2D eigenvalue weighted by atomic mass is 10.2. The number of halogens is 3. The molecule has 3 aromatic rings. The number of nitrogens with zero attached hydrogens (tertiary/aromatic N) is 2. The van der Waals surface area contributed by atoms with Crippen molar-refractivity contribution >= 4 is 32.9 Å². The van der Waals surface area contributed by atoms with Crippen molar-refractivity contribution in [2.75, 3.05) is 5.73 Å². The molecule has 2 N–H and O–H groups in total. The Morgan fingerprint density at radius 2 is 1.89 bits per heavy atom. The molecule has 0 amide bonds. The molecule has 96 valence electrons. The molecule has 0 atom stereocenters. The molecule has 0 unspecified atom stereocenters. The maximum Gasteiger partial charge on any atom is 0.206 e. The maximum absolute atomic E-state index is 14.0. The second-order valence-electron chi connectivity index (χ2n) is 4.01. The second-order valence-corrected chi connectivity index (χ2v) is 4.92. The van der Waals surface area contributed by atoms with E-state index in [4.69, 9.17) is 5.73 Å². The summed E-state index contributed by atoms with van der Waals surface area (Å²) < 4.78 is 29.6. The third kappa shape index (κ3) is 1.88. The summed E-state index contributed by atoms with van der Waals surface area (Å²) in [4.78, 5) is 3.94. The van der Waals surface area contributed by atoms with Gasteiger partial charge in [-0.25, -0.2) is 13.8 Å². The van der Waals surface area contributed by atoms with Gasteiger partial charge in [0.25, 0.3) is 0 Å². The number of anilines is 1. The van der Waals surface area contributed by atoms with Crippen molar-refractivity contribution in [2.45, 2.75) is 0 Å². The van der Waals surface area contributed by atoms with E-state index in [0.29, 0.717) is 9.99 Å². The van der Waals surface area contributed by atoms with Crippen LogP contribution in [0.5, 0.6) is 0 Å². The van der Waals surface area contributed by atoms with E-state index in [9.17, 15) is 8.78 Å². The quantitative estimate of drug-likeness (QED) is 0.742. The number of nitrogen functional groups attached to an aromatic ring is 1. The van der Waals surface area contributed by atoms with Gasteiger partial charge in [0.1, 0.15) is 11.3 Å². The molecule has 2 aromatic carbocycles. The SMILES string of the molecule is Nc1nc2c(F)cccc2n1-c1ccc(Br)cc1F. The third-order valence-electron chi connectivity index (χ3n) is 2.81. The number of rotatable bonds is 1. The van der Waals surface area contributed by atoms with Gasteiger partial charge in [-0.05, 0) is 30.3 Å². The van der Waals surface area contributed by atoms with Crippen LogP contribution in [0.2, 0.25) is 0 Å². The normalized spacial score (nSPS) is 11.1. The number of fused-ring (bicyclic) bond motifs is 1. The summed E-state index contributed by atoms with van der Waals surface area (Å²) in [5.74, 6) is -0.911. The Labute approximate surface area is 115 Å². The monoisotopic (exact) mass is 323 g/mol. The molecule has 0 aliphatic rings.